The van der Waals surface area contributed by atoms with Crippen LogP contribution in [0.1, 0.15) is 5.56 Å². The summed E-state index contributed by atoms with van der Waals surface area (Å²) in [7, 11) is 0. The van der Waals surface area contributed by atoms with Crippen molar-refractivity contribution in [2.75, 3.05) is 0 Å². The summed E-state index contributed by atoms with van der Waals surface area (Å²) in [5.74, 6) is 0. The quantitative estimate of drug-likeness (QED) is 0.549. The molecule has 0 N–H and O–H groups in total. The lowest BCUT2D eigenvalue weighted by atomic mass is 10.1. The number of benzene rings is 1. The van der Waals surface area contributed by atoms with E-state index in [4.69, 9.17) is 4.42 Å². The molecule has 0 unspecified atom stereocenters. The van der Waals surface area contributed by atoms with Gasteiger partial charge < -0.3 is 4.42 Å². The van der Waals surface area contributed by atoms with Gasteiger partial charge in [-0.2, -0.15) is 0 Å². The van der Waals surface area contributed by atoms with Gasteiger partial charge in [0.1, 0.15) is 5.58 Å². The van der Waals surface area contributed by atoms with E-state index in [1.165, 1.54) is 6.07 Å². The topological polar surface area (TPSA) is 30.2 Å². The van der Waals surface area contributed by atoms with Gasteiger partial charge in [-0.05, 0) is 12.5 Å². The molecule has 2 nitrogen and oxygen atoms in total. The molecule has 2 rings (SSSR count). The van der Waals surface area contributed by atoms with Gasteiger partial charge in [-0.25, -0.2) is 4.79 Å². The second-order valence-electron chi connectivity index (χ2n) is 2.66. The third-order valence-corrected chi connectivity index (χ3v) is 1.78. The maximum atomic E-state index is 10.9. The van der Waals surface area contributed by atoms with Crippen molar-refractivity contribution in [1.29, 1.82) is 0 Å². The van der Waals surface area contributed by atoms with Crippen molar-refractivity contribution >= 4 is 11.0 Å². The Labute approximate surface area is 69.4 Å². The summed E-state index contributed by atoms with van der Waals surface area (Å²) in [6.07, 6.45) is 0. The summed E-state index contributed by atoms with van der Waals surface area (Å²) in [6.45, 7) is 1.88. The molecule has 0 aliphatic heterocycles. The zero-order chi connectivity index (χ0) is 8.55. The molecular weight excluding hydrogens is 152 g/mol. The summed E-state index contributed by atoms with van der Waals surface area (Å²) in [4.78, 5) is 10.9. The lowest BCUT2D eigenvalue weighted by Crippen LogP contribution is -1.97. The van der Waals surface area contributed by atoms with Crippen molar-refractivity contribution in [2.24, 2.45) is 0 Å². The highest BCUT2D eigenvalue weighted by molar-refractivity contribution is 5.79. The minimum Gasteiger partial charge on any atom is -0.422 e. The van der Waals surface area contributed by atoms with Crippen molar-refractivity contribution < 1.29 is 4.42 Å². The molecule has 1 heterocycles. The molecular formula is C10H7O2. The summed E-state index contributed by atoms with van der Waals surface area (Å²) < 4.78 is 4.93. The minimum absolute atomic E-state index is 0.317. The van der Waals surface area contributed by atoms with Gasteiger partial charge >= 0.3 is 5.63 Å². The zero-order valence-electron chi connectivity index (χ0n) is 6.63. The van der Waals surface area contributed by atoms with E-state index in [1.54, 1.807) is 6.07 Å². The van der Waals surface area contributed by atoms with Crippen molar-refractivity contribution in [3.63, 3.8) is 0 Å². The highest BCUT2D eigenvalue weighted by atomic mass is 16.4. The Bertz CT molecular complexity index is 468. The highest BCUT2D eigenvalue weighted by Gasteiger charge is 1.99. The Morgan fingerprint density at radius 2 is 2.33 bits per heavy atom. The van der Waals surface area contributed by atoms with E-state index >= 15 is 0 Å². The molecule has 0 spiro atoms. The molecule has 0 fully saturated rings. The monoisotopic (exact) mass is 159 g/mol. The predicted molar refractivity (Wildman–Crippen MR) is 46.1 cm³/mol. The number of fused-ring (bicyclic) bond motifs is 1. The zero-order valence-corrected chi connectivity index (χ0v) is 6.63. The minimum atomic E-state index is -0.317. The smallest absolute Gasteiger partial charge is 0.336 e. The van der Waals surface area contributed by atoms with Gasteiger partial charge in [0.05, 0.1) is 0 Å². The van der Waals surface area contributed by atoms with Crippen LogP contribution in [0.15, 0.2) is 33.5 Å². The number of para-hydroxylation sites is 1. The number of hydrogen-bond donors (Lipinski definition) is 0. The highest BCUT2D eigenvalue weighted by Crippen LogP contribution is 2.13. The number of aryl methyl sites for hydroxylation is 1. The molecule has 59 valence electrons. The van der Waals surface area contributed by atoms with Crippen LogP contribution in [0, 0.1) is 13.0 Å². The summed E-state index contributed by atoms with van der Waals surface area (Å²) in [5, 5.41) is 0.942. The van der Waals surface area contributed by atoms with E-state index in [9.17, 15) is 4.79 Å². The van der Waals surface area contributed by atoms with Crippen LogP contribution in [-0.4, -0.2) is 0 Å². The third kappa shape index (κ3) is 1.01. The van der Waals surface area contributed by atoms with Crippen molar-refractivity contribution in [3.05, 3.63) is 46.3 Å². The van der Waals surface area contributed by atoms with Crippen molar-refractivity contribution in [1.82, 2.24) is 0 Å². The predicted octanol–water partition coefficient (Wildman–Crippen LogP) is 1.90. The molecule has 0 aliphatic rings. The average molecular weight is 159 g/mol. The van der Waals surface area contributed by atoms with Gasteiger partial charge in [0, 0.05) is 17.5 Å². The van der Waals surface area contributed by atoms with E-state index in [1.807, 2.05) is 19.1 Å². The fraction of sp³-hybridized carbons (Fsp3) is 0.100. The van der Waals surface area contributed by atoms with Crippen LogP contribution in [0.3, 0.4) is 0 Å². The summed E-state index contributed by atoms with van der Waals surface area (Å²) >= 11 is 0. The largest absolute Gasteiger partial charge is 0.422 e. The maximum Gasteiger partial charge on any atom is 0.336 e. The fourth-order valence-corrected chi connectivity index (χ4v) is 1.20. The average Bonchev–Trinajstić information content (AvgIpc) is 2.04. The first-order valence-corrected chi connectivity index (χ1v) is 3.68. The van der Waals surface area contributed by atoms with Crippen LogP contribution in [-0.2, 0) is 0 Å². The molecule has 0 bridgehead atoms. The van der Waals surface area contributed by atoms with Crippen molar-refractivity contribution in [2.45, 2.75) is 6.92 Å². The summed E-state index contributed by atoms with van der Waals surface area (Å²) in [6, 6.07) is 9.85. The van der Waals surface area contributed by atoms with Crippen LogP contribution >= 0.6 is 0 Å². The van der Waals surface area contributed by atoms with Crippen LogP contribution in [0.2, 0.25) is 0 Å². The Hall–Kier alpha value is -1.57. The second kappa shape index (κ2) is 2.48. The number of rotatable bonds is 0. The Morgan fingerprint density at radius 3 is 3.17 bits per heavy atom. The van der Waals surface area contributed by atoms with E-state index in [0.29, 0.717) is 5.58 Å². The molecule has 0 aliphatic carbocycles. The maximum absolute atomic E-state index is 10.9. The SMILES string of the molecule is Cc1cc(=O)oc2[c]cccc12. The standard InChI is InChI=1S/C10H7O2/c1-7-6-10(11)12-9-5-3-2-4-8(7)9/h2-4,6H,1H3. The molecule has 12 heavy (non-hydrogen) atoms. The number of hydrogen-bond acceptors (Lipinski definition) is 2. The molecule has 0 saturated carbocycles. The lowest BCUT2D eigenvalue weighted by molar-refractivity contribution is 0.559. The molecule has 1 radical (unpaired) electrons. The van der Waals surface area contributed by atoms with Gasteiger partial charge in [0.2, 0.25) is 0 Å². The molecule has 0 amide bonds. The molecule has 0 atom stereocenters. The Kier molecular flexibility index (Phi) is 1.47. The van der Waals surface area contributed by atoms with Gasteiger partial charge in [-0.15, -0.1) is 0 Å². The Morgan fingerprint density at radius 1 is 1.50 bits per heavy atom. The molecule has 0 saturated heterocycles. The van der Waals surface area contributed by atoms with Crippen LogP contribution < -0.4 is 5.63 Å². The molecule has 1 aromatic carbocycles. The van der Waals surface area contributed by atoms with Gasteiger partial charge in [0.25, 0.3) is 0 Å². The van der Waals surface area contributed by atoms with Crippen LogP contribution in [0.5, 0.6) is 0 Å². The first-order valence-electron chi connectivity index (χ1n) is 3.68. The summed E-state index contributed by atoms with van der Waals surface area (Å²) in [5.41, 5.74) is 1.14. The third-order valence-electron chi connectivity index (χ3n) is 1.78. The van der Waals surface area contributed by atoms with Gasteiger partial charge in [0.15, 0.2) is 0 Å². The normalized spacial score (nSPS) is 10.4. The van der Waals surface area contributed by atoms with E-state index in [-0.39, 0.29) is 5.63 Å². The second-order valence-corrected chi connectivity index (χ2v) is 2.66. The first kappa shape index (κ1) is 7.10. The van der Waals surface area contributed by atoms with Crippen LogP contribution in [0.4, 0.5) is 0 Å². The molecule has 1 aromatic heterocycles. The molecule has 2 aromatic rings. The van der Waals surface area contributed by atoms with Gasteiger partial charge in [-0.3, -0.25) is 0 Å². The lowest BCUT2D eigenvalue weighted by Gasteiger charge is -1.96. The van der Waals surface area contributed by atoms with Crippen LogP contribution in [0.25, 0.3) is 11.0 Å². The van der Waals surface area contributed by atoms with E-state index < -0.39 is 0 Å². The van der Waals surface area contributed by atoms with Crippen molar-refractivity contribution in [3.8, 4) is 0 Å². The first-order chi connectivity index (χ1) is 5.77. The van der Waals surface area contributed by atoms with E-state index in [0.717, 1.165) is 10.9 Å². The van der Waals surface area contributed by atoms with E-state index in [2.05, 4.69) is 6.07 Å². The Balaban J connectivity index is 2.99. The van der Waals surface area contributed by atoms with Gasteiger partial charge in [-0.1, -0.05) is 18.2 Å². The fourth-order valence-electron chi connectivity index (χ4n) is 1.20. The molecule has 2 heteroatoms.